The van der Waals surface area contributed by atoms with Crippen LogP contribution in [0.2, 0.25) is 0 Å². The van der Waals surface area contributed by atoms with Crippen molar-refractivity contribution in [1.82, 2.24) is 10.2 Å². The molecule has 0 bridgehead atoms. The Morgan fingerprint density at radius 2 is 1.75 bits per heavy atom. The molecule has 1 N–H and O–H groups in total. The van der Waals surface area contributed by atoms with E-state index < -0.39 is 0 Å². The number of rotatable bonds is 8. The van der Waals surface area contributed by atoms with Crippen LogP contribution in [-0.2, 0) is 21.5 Å². The minimum absolute atomic E-state index is 0.0103. The quantitative estimate of drug-likeness (QED) is 0.760. The van der Waals surface area contributed by atoms with Crippen molar-refractivity contribution in [2.45, 2.75) is 39.7 Å². The lowest BCUT2D eigenvalue weighted by Crippen LogP contribution is -2.41. The number of likely N-dealkylation sites (N-methyl/N-ethyl adjacent to an activating group) is 1. The number of hydrogen-bond acceptors (Lipinski definition) is 3. The fourth-order valence-corrected chi connectivity index (χ4v) is 2.72. The number of hydrogen-bond donors (Lipinski definition) is 1. The van der Waals surface area contributed by atoms with Gasteiger partial charge in [0.1, 0.15) is 5.75 Å². The molecule has 0 aromatic heterocycles. The van der Waals surface area contributed by atoms with Crippen LogP contribution in [0.3, 0.4) is 0 Å². The average molecular weight is 383 g/mol. The average Bonchev–Trinajstić information content (AvgIpc) is 2.69. The van der Waals surface area contributed by atoms with Crippen LogP contribution in [0.1, 0.15) is 38.8 Å². The SMILES string of the molecule is CCN(Cc1ccccc1)C(=O)CNC(=O)COc1cccc(C(C)(C)C)c1. The topological polar surface area (TPSA) is 58.6 Å². The number of amides is 2. The Balaban J connectivity index is 1.80. The Morgan fingerprint density at radius 1 is 1.04 bits per heavy atom. The van der Waals surface area contributed by atoms with Gasteiger partial charge >= 0.3 is 0 Å². The number of benzene rings is 2. The molecule has 0 aliphatic rings. The van der Waals surface area contributed by atoms with E-state index in [1.807, 2.05) is 61.5 Å². The molecule has 0 saturated carbocycles. The second-order valence-electron chi connectivity index (χ2n) is 7.74. The summed E-state index contributed by atoms with van der Waals surface area (Å²) in [5.74, 6) is 0.216. The maximum atomic E-state index is 12.4. The van der Waals surface area contributed by atoms with Gasteiger partial charge in [-0.25, -0.2) is 0 Å². The first-order valence-electron chi connectivity index (χ1n) is 9.61. The van der Waals surface area contributed by atoms with Crippen LogP contribution in [0, 0.1) is 0 Å². The molecule has 0 heterocycles. The van der Waals surface area contributed by atoms with Crippen LogP contribution in [0.5, 0.6) is 5.75 Å². The van der Waals surface area contributed by atoms with E-state index in [2.05, 4.69) is 26.1 Å². The molecule has 0 radical (unpaired) electrons. The molecule has 2 amide bonds. The van der Waals surface area contributed by atoms with E-state index >= 15 is 0 Å². The van der Waals surface area contributed by atoms with Gasteiger partial charge in [-0.15, -0.1) is 0 Å². The predicted molar refractivity (Wildman–Crippen MR) is 111 cm³/mol. The summed E-state index contributed by atoms with van der Waals surface area (Å²) in [6.45, 7) is 9.25. The lowest BCUT2D eigenvalue weighted by Gasteiger charge is -2.21. The van der Waals surface area contributed by atoms with Gasteiger partial charge in [-0.1, -0.05) is 63.2 Å². The third-order valence-electron chi connectivity index (χ3n) is 4.46. The van der Waals surface area contributed by atoms with Crippen molar-refractivity contribution in [3.8, 4) is 5.75 Å². The zero-order chi connectivity index (χ0) is 20.6. The number of nitrogens with one attached hydrogen (secondary N) is 1. The van der Waals surface area contributed by atoms with Gasteiger partial charge in [0.05, 0.1) is 6.54 Å². The summed E-state index contributed by atoms with van der Waals surface area (Å²) >= 11 is 0. The van der Waals surface area contributed by atoms with E-state index in [0.29, 0.717) is 18.8 Å². The molecule has 2 aromatic rings. The molecule has 0 spiro atoms. The number of carbonyl (C=O) groups excluding carboxylic acids is 2. The molecule has 2 rings (SSSR count). The number of ether oxygens (including phenoxy) is 1. The van der Waals surface area contributed by atoms with Crippen molar-refractivity contribution in [2.75, 3.05) is 19.7 Å². The minimum atomic E-state index is -0.315. The van der Waals surface area contributed by atoms with Gasteiger partial charge in [-0.05, 0) is 35.6 Å². The van der Waals surface area contributed by atoms with E-state index in [9.17, 15) is 9.59 Å². The molecule has 0 unspecified atom stereocenters. The summed E-state index contributed by atoms with van der Waals surface area (Å²) in [5.41, 5.74) is 2.21. The van der Waals surface area contributed by atoms with Gasteiger partial charge in [-0.3, -0.25) is 9.59 Å². The van der Waals surface area contributed by atoms with E-state index in [1.165, 1.54) is 0 Å². The normalized spacial score (nSPS) is 11.0. The van der Waals surface area contributed by atoms with Gasteiger partial charge in [0, 0.05) is 13.1 Å². The minimum Gasteiger partial charge on any atom is -0.484 e. The van der Waals surface area contributed by atoms with Crippen molar-refractivity contribution in [3.63, 3.8) is 0 Å². The summed E-state index contributed by atoms with van der Waals surface area (Å²) in [6, 6.07) is 17.5. The maximum absolute atomic E-state index is 12.4. The third-order valence-corrected chi connectivity index (χ3v) is 4.46. The van der Waals surface area contributed by atoms with Crippen molar-refractivity contribution < 1.29 is 14.3 Å². The van der Waals surface area contributed by atoms with Crippen molar-refractivity contribution >= 4 is 11.8 Å². The third kappa shape index (κ3) is 6.72. The Hall–Kier alpha value is -2.82. The molecule has 5 heteroatoms. The molecule has 5 nitrogen and oxygen atoms in total. The highest BCUT2D eigenvalue weighted by atomic mass is 16.5. The van der Waals surface area contributed by atoms with Crippen molar-refractivity contribution in [1.29, 1.82) is 0 Å². The molecule has 0 aliphatic heterocycles. The lowest BCUT2D eigenvalue weighted by molar-refractivity contribution is -0.133. The van der Waals surface area contributed by atoms with E-state index in [4.69, 9.17) is 4.74 Å². The Bertz CT molecular complexity index is 782. The second-order valence-corrected chi connectivity index (χ2v) is 7.74. The zero-order valence-electron chi connectivity index (χ0n) is 17.2. The highest BCUT2D eigenvalue weighted by Crippen LogP contribution is 2.25. The molecule has 0 atom stereocenters. The van der Waals surface area contributed by atoms with Gasteiger partial charge < -0.3 is 15.0 Å². The highest BCUT2D eigenvalue weighted by molar-refractivity contribution is 5.85. The van der Waals surface area contributed by atoms with Crippen LogP contribution < -0.4 is 10.1 Å². The molecule has 28 heavy (non-hydrogen) atoms. The standard InChI is InChI=1S/C23H30N2O3/c1-5-25(16-18-10-7-6-8-11-18)22(27)15-24-21(26)17-28-20-13-9-12-19(14-20)23(2,3)4/h6-14H,5,15-17H2,1-4H3,(H,24,26). The predicted octanol–water partition coefficient (Wildman–Crippen LogP) is 3.53. The first-order chi connectivity index (χ1) is 13.3. The summed E-state index contributed by atoms with van der Waals surface area (Å²) in [7, 11) is 0. The molecule has 0 aliphatic carbocycles. The van der Waals surface area contributed by atoms with Crippen LogP contribution >= 0.6 is 0 Å². The van der Waals surface area contributed by atoms with E-state index in [1.54, 1.807) is 4.90 Å². The molecule has 0 saturated heterocycles. The monoisotopic (exact) mass is 382 g/mol. The van der Waals surface area contributed by atoms with Crippen LogP contribution in [0.25, 0.3) is 0 Å². The number of nitrogens with zero attached hydrogens (tertiary/aromatic N) is 1. The van der Waals surface area contributed by atoms with Gasteiger partial charge in [-0.2, -0.15) is 0 Å². The van der Waals surface area contributed by atoms with Crippen LogP contribution in [0.15, 0.2) is 54.6 Å². The zero-order valence-corrected chi connectivity index (χ0v) is 17.2. The summed E-state index contributed by atoms with van der Waals surface area (Å²) in [5, 5.41) is 2.64. The summed E-state index contributed by atoms with van der Waals surface area (Å²) in [6.07, 6.45) is 0. The largest absolute Gasteiger partial charge is 0.484 e. The molecular weight excluding hydrogens is 352 g/mol. The Morgan fingerprint density at radius 3 is 2.39 bits per heavy atom. The first-order valence-corrected chi connectivity index (χ1v) is 9.61. The smallest absolute Gasteiger partial charge is 0.258 e. The molecule has 2 aromatic carbocycles. The fourth-order valence-electron chi connectivity index (χ4n) is 2.72. The number of carbonyl (C=O) groups is 2. The fraction of sp³-hybridized carbons (Fsp3) is 0.391. The summed E-state index contributed by atoms with van der Waals surface area (Å²) < 4.78 is 5.58. The highest BCUT2D eigenvalue weighted by Gasteiger charge is 2.15. The first kappa shape index (κ1) is 21.5. The summed E-state index contributed by atoms with van der Waals surface area (Å²) in [4.78, 5) is 26.2. The van der Waals surface area contributed by atoms with E-state index in [-0.39, 0.29) is 30.4 Å². The maximum Gasteiger partial charge on any atom is 0.258 e. The lowest BCUT2D eigenvalue weighted by atomic mass is 9.87. The van der Waals surface area contributed by atoms with Gasteiger partial charge in [0.25, 0.3) is 5.91 Å². The Labute approximate surface area is 167 Å². The van der Waals surface area contributed by atoms with Crippen LogP contribution in [0.4, 0.5) is 0 Å². The molecule has 0 fully saturated rings. The second kappa shape index (κ2) is 9.93. The van der Waals surface area contributed by atoms with E-state index in [0.717, 1.165) is 11.1 Å². The van der Waals surface area contributed by atoms with Gasteiger partial charge in [0.2, 0.25) is 5.91 Å². The van der Waals surface area contributed by atoms with Crippen LogP contribution in [-0.4, -0.2) is 36.4 Å². The van der Waals surface area contributed by atoms with Crippen molar-refractivity contribution in [2.24, 2.45) is 0 Å². The Kier molecular flexibility index (Phi) is 7.61. The van der Waals surface area contributed by atoms with Crippen molar-refractivity contribution in [3.05, 3.63) is 65.7 Å². The van der Waals surface area contributed by atoms with Gasteiger partial charge in [0.15, 0.2) is 6.61 Å². The molecule has 150 valence electrons. The molecular formula is C23H30N2O3.